The van der Waals surface area contributed by atoms with Crippen LogP contribution in [0.15, 0.2) is 36.5 Å². The van der Waals surface area contributed by atoms with Crippen LogP contribution in [0.4, 0.5) is 0 Å². The standard InChI is InChI=1S/C21H24N4O4/c1-28-18-8-3-13(11-19(18)29-2)17-9-10-22-20-12-16(24-25(17)20)21(27)23-14-4-6-15(26)7-5-14/h3,8-12,14-15,26H,4-7H2,1-2H3,(H,23,27)/t14-,15-. The van der Waals surface area contributed by atoms with Crippen LogP contribution in [0.25, 0.3) is 16.9 Å². The van der Waals surface area contributed by atoms with Gasteiger partial charge in [-0.1, -0.05) is 0 Å². The summed E-state index contributed by atoms with van der Waals surface area (Å²) in [6, 6.07) is 9.18. The summed E-state index contributed by atoms with van der Waals surface area (Å²) in [5, 5.41) is 17.1. The van der Waals surface area contributed by atoms with Crippen molar-refractivity contribution in [2.45, 2.75) is 37.8 Å². The molecule has 8 heteroatoms. The Balaban J connectivity index is 1.63. The number of methoxy groups -OCH3 is 2. The zero-order valence-electron chi connectivity index (χ0n) is 16.5. The molecule has 1 aliphatic carbocycles. The first-order chi connectivity index (χ1) is 14.1. The van der Waals surface area contributed by atoms with Gasteiger partial charge in [0.15, 0.2) is 22.8 Å². The molecule has 0 radical (unpaired) electrons. The Morgan fingerprint density at radius 2 is 1.86 bits per heavy atom. The summed E-state index contributed by atoms with van der Waals surface area (Å²) in [6.45, 7) is 0. The summed E-state index contributed by atoms with van der Waals surface area (Å²) in [5.41, 5.74) is 2.56. The normalized spacial score (nSPS) is 19.1. The summed E-state index contributed by atoms with van der Waals surface area (Å²) in [4.78, 5) is 17.0. The van der Waals surface area contributed by atoms with Gasteiger partial charge in [-0.3, -0.25) is 4.79 Å². The quantitative estimate of drug-likeness (QED) is 0.687. The van der Waals surface area contributed by atoms with E-state index in [1.807, 2.05) is 24.3 Å². The third-order valence-corrected chi connectivity index (χ3v) is 5.30. The van der Waals surface area contributed by atoms with E-state index in [1.165, 1.54) is 0 Å². The monoisotopic (exact) mass is 396 g/mol. The van der Waals surface area contributed by atoms with E-state index in [4.69, 9.17) is 9.47 Å². The molecule has 29 heavy (non-hydrogen) atoms. The number of aliphatic hydroxyl groups excluding tert-OH is 1. The van der Waals surface area contributed by atoms with Crippen LogP contribution in [-0.2, 0) is 0 Å². The van der Waals surface area contributed by atoms with Gasteiger partial charge in [-0.2, -0.15) is 5.10 Å². The maximum absolute atomic E-state index is 12.7. The molecule has 0 atom stereocenters. The Bertz CT molecular complexity index is 1020. The molecule has 1 fully saturated rings. The van der Waals surface area contributed by atoms with E-state index < -0.39 is 0 Å². The number of fused-ring (bicyclic) bond motifs is 1. The van der Waals surface area contributed by atoms with Crippen LogP contribution in [0.2, 0.25) is 0 Å². The number of benzene rings is 1. The van der Waals surface area contributed by atoms with Crippen LogP contribution < -0.4 is 14.8 Å². The molecule has 8 nitrogen and oxygen atoms in total. The lowest BCUT2D eigenvalue weighted by Gasteiger charge is -2.25. The first-order valence-corrected chi connectivity index (χ1v) is 9.65. The number of aromatic nitrogens is 3. The van der Waals surface area contributed by atoms with Gasteiger partial charge in [0.2, 0.25) is 0 Å². The zero-order valence-corrected chi connectivity index (χ0v) is 16.5. The Morgan fingerprint density at radius 3 is 2.59 bits per heavy atom. The Hall–Kier alpha value is -3.13. The number of carbonyl (C=O) groups is 1. The predicted molar refractivity (Wildman–Crippen MR) is 107 cm³/mol. The molecular weight excluding hydrogens is 372 g/mol. The second-order valence-electron chi connectivity index (χ2n) is 7.18. The van der Waals surface area contributed by atoms with E-state index in [0.29, 0.717) is 35.7 Å². The molecule has 2 N–H and O–H groups in total. The summed E-state index contributed by atoms with van der Waals surface area (Å²) in [5.74, 6) is 1.02. The van der Waals surface area contributed by atoms with E-state index in [1.54, 1.807) is 31.0 Å². The minimum absolute atomic E-state index is 0.0639. The number of amides is 1. The third kappa shape index (κ3) is 3.88. The molecule has 1 aliphatic rings. The lowest BCUT2D eigenvalue weighted by molar-refractivity contribution is 0.0863. The average Bonchev–Trinajstić information content (AvgIpc) is 3.19. The van der Waals surface area contributed by atoms with Gasteiger partial charge >= 0.3 is 0 Å². The average molecular weight is 396 g/mol. The molecule has 2 aromatic heterocycles. The largest absolute Gasteiger partial charge is 0.493 e. The summed E-state index contributed by atoms with van der Waals surface area (Å²) < 4.78 is 12.3. The molecule has 0 bridgehead atoms. The molecule has 1 aromatic carbocycles. The number of carbonyl (C=O) groups excluding carboxylic acids is 1. The molecule has 0 spiro atoms. The highest BCUT2D eigenvalue weighted by Gasteiger charge is 2.23. The highest BCUT2D eigenvalue weighted by atomic mass is 16.5. The van der Waals surface area contributed by atoms with Gasteiger partial charge in [0, 0.05) is 23.9 Å². The molecular formula is C21H24N4O4. The van der Waals surface area contributed by atoms with Gasteiger partial charge in [0.05, 0.1) is 26.0 Å². The summed E-state index contributed by atoms with van der Waals surface area (Å²) >= 11 is 0. The lowest BCUT2D eigenvalue weighted by Crippen LogP contribution is -2.38. The number of nitrogens with one attached hydrogen (secondary N) is 1. The van der Waals surface area contributed by atoms with Gasteiger partial charge < -0.3 is 19.9 Å². The Kier molecular flexibility index (Phi) is 5.35. The van der Waals surface area contributed by atoms with Crippen molar-refractivity contribution in [3.63, 3.8) is 0 Å². The highest BCUT2D eigenvalue weighted by molar-refractivity contribution is 5.93. The number of nitrogens with zero attached hydrogens (tertiary/aromatic N) is 3. The SMILES string of the molecule is COc1ccc(-c2ccnc3cc(C(=O)N[C@H]4CC[C@H](O)CC4)nn23)cc1OC. The number of hydrogen-bond donors (Lipinski definition) is 2. The van der Waals surface area contributed by atoms with E-state index in [2.05, 4.69) is 15.4 Å². The predicted octanol–water partition coefficient (Wildman–Crippen LogP) is 2.45. The van der Waals surface area contributed by atoms with Crippen LogP contribution in [0.5, 0.6) is 11.5 Å². The topological polar surface area (TPSA) is 98.0 Å². The molecule has 4 rings (SSSR count). The number of ether oxygens (including phenoxy) is 2. The number of hydrogen-bond acceptors (Lipinski definition) is 6. The molecule has 1 amide bonds. The van der Waals surface area contributed by atoms with E-state index >= 15 is 0 Å². The number of aliphatic hydroxyl groups is 1. The van der Waals surface area contributed by atoms with Crippen LogP contribution >= 0.6 is 0 Å². The first-order valence-electron chi connectivity index (χ1n) is 9.65. The maximum atomic E-state index is 12.7. The van der Waals surface area contributed by atoms with Gasteiger partial charge in [0.25, 0.3) is 5.91 Å². The second-order valence-corrected chi connectivity index (χ2v) is 7.18. The Morgan fingerprint density at radius 1 is 1.10 bits per heavy atom. The van der Waals surface area contributed by atoms with Crippen molar-refractivity contribution >= 4 is 11.6 Å². The fourth-order valence-electron chi connectivity index (χ4n) is 3.70. The lowest BCUT2D eigenvalue weighted by atomic mass is 9.93. The van der Waals surface area contributed by atoms with Gasteiger partial charge in [0.1, 0.15) is 0 Å². The van der Waals surface area contributed by atoms with Crippen molar-refractivity contribution in [2.24, 2.45) is 0 Å². The molecule has 1 saturated carbocycles. The zero-order chi connectivity index (χ0) is 20.4. The van der Waals surface area contributed by atoms with Crippen LogP contribution in [0.3, 0.4) is 0 Å². The van der Waals surface area contributed by atoms with E-state index in [9.17, 15) is 9.90 Å². The minimum atomic E-state index is -0.258. The van der Waals surface area contributed by atoms with Crippen molar-refractivity contribution in [1.82, 2.24) is 19.9 Å². The van der Waals surface area contributed by atoms with Crippen molar-refractivity contribution in [1.29, 1.82) is 0 Å². The second kappa shape index (κ2) is 8.08. The van der Waals surface area contributed by atoms with Crippen molar-refractivity contribution in [3.05, 3.63) is 42.2 Å². The van der Waals surface area contributed by atoms with Crippen molar-refractivity contribution in [3.8, 4) is 22.8 Å². The van der Waals surface area contributed by atoms with Gasteiger partial charge in [-0.15, -0.1) is 0 Å². The Labute approximate surface area is 168 Å². The molecule has 0 saturated heterocycles. The van der Waals surface area contributed by atoms with Crippen molar-refractivity contribution < 1.29 is 19.4 Å². The van der Waals surface area contributed by atoms with Crippen LogP contribution in [0, 0.1) is 0 Å². The van der Waals surface area contributed by atoms with Crippen LogP contribution in [-0.4, -0.2) is 52.0 Å². The third-order valence-electron chi connectivity index (χ3n) is 5.30. The fourth-order valence-corrected chi connectivity index (χ4v) is 3.70. The molecule has 0 aliphatic heterocycles. The summed E-state index contributed by atoms with van der Waals surface area (Å²) in [6.07, 6.45) is 4.40. The van der Waals surface area contributed by atoms with Crippen LogP contribution in [0.1, 0.15) is 36.2 Å². The first kappa shape index (κ1) is 19.2. The van der Waals surface area contributed by atoms with Gasteiger partial charge in [-0.25, -0.2) is 9.50 Å². The molecule has 0 unspecified atom stereocenters. The van der Waals surface area contributed by atoms with Gasteiger partial charge in [-0.05, 0) is 49.9 Å². The fraction of sp³-hybridized carbons (Fsp3) is 0.381. The van der Waals surface area contributed by atoms with E-state index in [0.717, 1.165) is 24.1 Å². The molecule has 152 valence electrons. The number of rotatable bonds is 5. The minimum Gasteiger partial charge on any atom is -0.493 e. The molecule has 3 aromatic rings. The van der Waals surface area contributed by atoms with Crippen molar-refractivity contribution in [2.75, 3.05) is 14.2 Å². The maximum Gasteiger partial charge on any atom is 0.272 e. The smallest absolute Gasteiger partial charge is 0.272 e. The van der Waals surface area contributed by atoms with E-state index in [-0.39, 0.29) is 18.1 Å². The molecule has 2 heterocycles. The summed E-state index contributed by atoms with van der Waals surface area (Å²) in [7, 11) is 3.18. The highest BCUT2D eigenvalue weighted by Crippen LogP contribution is 2.32.